The Morgan fingerprint density at radius 2 is 1.67 bits per heavy atom. The molecule has 24 heavy (non-hydrogen) atoms. The standard InChI is InChI=1S/C20H18N4/c21-14-15-7-6-10-17(13-15)24-20(22)18-11-4-5-12-19(18)23-16-8-2-1-3-9-16/h1-14,21,23H,(H2,22,24). The van der Waals surface area contributed by atoms with Gasteiger partial charge in [0.2, 0.25) is 0 Å². The van der Waals surface area contributed by atoms with Gasteiger partial charge >= 0.3 is 0 Å². The van der Waals surface area contributed by atoms with Crippen molar-refractivity contribution in [2.75, 3.05) is 5.32 Å². The Morgan fingerprint density at radius 3 is 2.46 bits per heavy atom. The third-order valence-corrected chi connectivity index (χ3v) is 3.54. The van der Waals surface area contributed by atoms with Crippen molar-refractivity contribution in [3.8, 4) is 0 Å². The number of amidine groups is 1. The third-order valence-electron chi connectivity index (χ3n) is 3.54. The fraction of sp³-hybridized carbons (Fsp3) is 0. The topological polar surface area (TPSA) is 74.3 Å². The number of nitrogens with two attached hydrogens (primary N) is 1. The van der Waals surface area contributed by atoms with Crippen LogP contribution in [0.25, 0.3) is 0 Å². The molecule has 4 N–H and O–H groups in total. The molecule has 0 aliphatic heterocycles. The van der Waals surface area contributed by atoms with E-state index in [9.17, 15) is 0 Å². The summed E-state index contributed by atoms with van der Waals surface area (Å²) in [4.78, 5) is 4.49. The Bertz CT molecular complexity index is 870. The van der Waals surface area contributed by atoms with E-state index in [1.807, 2.05) is 78.9 Å². The second-order valence-electron chi connectivity index (χ2n) is 5.27. The summed E-state index contributed by atoms with van der Waals surface area (Å²) in [6.07, 6.45) is 1.29. The van der Waals surface area contributed by atoms with Crippen LogP contribution in [0, 0.1) is 5.41 Å². The maximum atomic E-state index is 7.33. The Hall–Kier alpha value is -3.40. The molecule has 0 unspecified atom stereocenters. The molecule has 0 amide bonds. The van der Waals surface area contributed by atoms with E-state index in [1.165, 1.54) is 6.21 Å². The van der Waals surface area contributed by atoms with Crippen molar-refractivity contribution in [1.82, 2.24) is 0 Å². The van der Waals surface area contributed by atoms with Crippen molar-refractivity contribution in [2.45, 2.75) is 0 Å². The van der Waals surface area contributed by atoms with Gasteiger partial charge in [-0.2, -0.15) is 0 Å². The molecule has 0 saturated carbocycles. The SMILES string of the molecule is N=Cc1cccc(N=C(N)c2ccccc2Nc2ccccc2)c1. The van der Waals surface area contributed by atoms with Gasteiger partial charge in [-0.3, -0.25) is 0 Å². The lowest BCUT2D eigenvalue weighted by atomic mass is 10.1. The van der Waals surface area contributed by atoms with Crippen molar-refractivity contribution in [2.24, 2.45) is 10.7 Å². The Morgan fingerprint density at radius 1 is 0.917 bits per heavy atom. The van der Waals surface area contributed by atoms with Crippen molar-refractivity contribution >= 4 is 29.1 Å². The number of benzene rings is 3. The number of rotatable bonds is 5. The van der Waals surface area contributed by atoms with Crippen LogP contribution >= 0.6 is 0 Å². The molecule has 0 bridgehead atoms. The molecule has 4 heteroatoms. The van der Waals surface area contributed by atoms with Crippen LogP contribution < -0.4 is 11.1 Å². The zero-order chi connectivity index (χ0) is 16.8. The lowest BCUT2D eigenvalue weighted by Crippen LogP contribution is -2.14. The van der Waals surface area contributed by atoms with Gasteiger partial charge in [-0.1, -0.05) is 42.5 Å². The average Bonchev–Trinajstić information content (AvgIpc) is 2.63. The maximum Gasteiger partial charge on any atom is 0.133 e. The van der Waals surface area contributed by atoms with Gasteiger partial charge in [0, 0.05) is 23.2 Å². The van der Waals surface area contributed by atoms with Crippen LogP contribution in [0.2, 0.25) is 0 Å². The van der Waals surface area contributed by atoms with E-state index in [-0.39, 0.29) is 0 Å². The largest absolute Gasteiger partial charge is 0.383 e. The lowest BCUT2D eigenvalue weighted by Gasteiger charge is -2.11. The van der Waals surface area contributed by atoms with Gasteiger partial charge in [0.05, 0.1) is 5.69 Å². The van der Waals surface area contributed by atoms with E-state index >= 15 is 0 Å². The maximum absolute atomic E-state index is 7.33. The number of aliphatic imine (C=N–C) groups is 1. The highest BCUT2D eigenvalue weighted by Crippen LogP contribution is 2.22. The Kier molecular flexibility index (Phi) is 4.68. The van der Waals surface area contributed by atoms with E-state index in [0.29, 0.717) is 5.84 Å². The monoisotopic (exact) mass is 314 g/mol. The second kappa shape index (κ2) is 7.24. The zero-order valence-electron chi connectivity index (χ0n) is 13.1. The van der Waals surface area contributed by atoms with E-state index in [4.69, 9.17) is 11.1 Å². The summed E-state index contributed by atoms with van der Waals surface area (Å²) in [6.45, 7) is 0. The third kappa shape index (κ3) is 3.67. The number of para-hydroxylation sites is 2. The Balaban J connectivity index is 1.93. The molecule has 3 rings (SSSR count). The molecular weight excluding hydrogens is 296 g/mol. The lowest BCUT2D eigenvalue weighted by molar-refractivity contribution is 1.43. The fourth-order valence-electron chi connectivity index (χ4n) is 2.38. The minimum atomic E-state index is 0.427. The van der Waals surface area contributed by atoms with Crippen LogP contribution in [0.1, 0.15) is 11.1 Å². The van der Waals surface area contributed by atoms with E-state index in [2.05, 4.69) is 10.3 Å². The summed E-state index contributed by atoms with van der Waals surface area (Å²) in [5.74, 6) is 0.427. The van der Waals surface area contributed by atoms with E-state index in [0.717, 1.165) is 28.2 Å². The van der Waals surface area contributed by atoms with Crippen molar-refractivity contribution in [1.29, 1.82) is 5.41 Å². The summed E-state index contributed by atoms with van der Waals surface area (Å²) in [6, 6.07) is 25.1. The van der Waals surface area contributed by atoms with Crippen molar-refractivity contribution < 1.29 is 0 Å². The molecule has 0 spiro atoms. The molecule has 0 saturated heterocycles. The second-order valence-corrected chi connectivity index (χ2v) is 5.27. The van der Waals surface area contributed by atoms with Gasteiger partial charge < -0.3 is 16.5 Å². The minimum Gasteiger partial charge on any atom is -0.383 e. The predicted octanol–water partition coefficient (Wildman–Crippen LogP) is 4.46. The molecular formula is C20H18N4. The molecule has 3 aromatic rings. The first-order chi connectivity index (χ1) is 11.8. The first kappa shape index (κ1) is 15.5. The van der Waals surface area contributed by atoms with Gasteiger partial charge in [-0.05, 0) is 42.0 Å². The van der Waals surface area contributed by atoms with Crippen LogP contribution in [0.5, 0.6) is 0 Å². The first-order valence-corrected chi connectivity index (χ1v) is 7.62. The highest BCUT2D eigenvalue weighted by atomic mass is 14.9. The predicted molar refractivity (Wildman–Crippen MR) is 101 cm³/mol. The van der Waals surface area contributed by atoms with Gasteiger partial charge in [-0.15, -0.1) is 0 Å². The first-order valence-electron chi connectivity index (χ1n) is 7.62. The molecule has 3 aromatic carbocycles. The summed E-state index contributed by atoms with van der Waals surface area (Å²) >= 11 is 0. The molecule has 0 aromatic heterocycles. The fourth-order valence-corrected chi connectivity index (χ4v) is 2.38. The zero-order valence-corrected chi connectivity index (χ0v) is 13.1. The van der Waals surface area contributed by atoms with Crippen LogP contribution in [0.4, 0.5) is 17.1 Å². The normalized spacial score (nSPS) is 11.1. The molecule has 0 aliphatic carbocycles. The van der Waals surface area contributed by atoms with Crippen LogP contribution in [-0.2, 0) is 0 Å². The molecule has 0 aliphatic rings. The number of nitrogens with zero attached hydrogens (tertiary/aromatic N) is 1. The minimum absolute atomic E-state index is 0.427. The van der Waals surface area contributed by atoms with Gasteiger partial charge in [0.15, 0.2) is 0 Å². The number of anilines is 2. The van der Waals surface area contributed by atoms with Gasteiger partial charge in [-0.25, -0.2) is 4.99 Å². The summed E-state index contributed by atoms with van der Waals surface area (Å²) in [5.41, 5.74) is 10.5. The molecule has 0 fully saturated rings. The molecule has 0 atom stereocenters. The van der Waals surface area contributed by atoms with Crippen LogP contribution in [0.3, 0.4) is 0 Å². The van der Waals surface area contributed by atoms with E-state index < -0.39 is 0 Å². The van der Waals surface area contributed by atoms with Crippen molar-refractivity contribution in [3.63, 3.8) is 0 Å². The number of hydrogen-bond acceptors (Lipinski definition) is 3. The summed E-state index contributed by atoms with van der Waals surface area (Å²) in [7, 11) is 0. The molecule has 0 radical (unpaired) electrons. The van der Waals surface area contributed by atoms with Crippen LogP contribution in [0.15, 0.2) is 83.9 Å². The summed E-state index contributed by atoms with van der Waals surface area (Å²) < 4.78 is 0. The smallest absolute Gasteiger partial charge is 0.133 e. The highest BCUT2D eigenvalue weighted by Gasteiger charge is 2.06. The molecule has 0 heterocycles. The van der Waals surface area contributed by atoms with Crippen molar-refractivity contribution in [3.05, 3.63) is 90.0 Å². The quantitative estimate of drug-likeness (QED) is 0.480. The number of hydrogen-bond donors (Lipinski definition) is 3. The number of nitrogens with one attached hydrogen (secondary N) is 2. The van der Waals surface area contributed by atoms with Gasteiger partial charge in [0.1, 0.15) is 5.84 Å². The molecule has 4 nitrogen and oxygen atoms in total. The highest BCUT2D eigenvalue weighted by molar-refractivity contribution is 6.04. The average molecular weight is 314 g/mol. The molecule has 118 valence electrons. The van der Waals surface area contributed by atoms with Crippen LogP contribution in [-0.4, -0.2) is 12.1 Å². The summed E-state index contributed by atoms with van der Waals surface area (Å²) in [5, 5.41) is 10.7. The van der Waals surface area contributed by atoms with E-state index in [1.54, 1.807) is 0 Å². The van der Waals surface area contributed by atoms with Gasteiger partial charge in [0.25, 0.3) is 0 Å². The Labute approximate surface area is 141 Å².